The van der Waals surface area contributed by atoms with E-state index >= 15 is 0 Å². The summed E-state index contributed by atoms with van der Waals surface area (Å²) in [5, 5.41) is 20.9. The highest BCUT2D eigenvalue weighted by Crippen LogP contribution is 2.67. The van der Waals surface area contributed by atoms with Crippen LogP contribution in [-0.4, -0.2) is 28.1 Å². The van der Waals surface area contributed by atoms with Gasteiger partial charge in [0.2, 0.25) is 0 Å². The van der Waals surface area contributed by atoms with Gasteiger partial charge in [0.15, 0.2) is 5.60 Å². The average Bonchev–Trinajstić information content (AvgIpc) is 2.76. The first kappa shape index (κ1) is 16.6. The van der Waals surface area contributed by atoms with Gasteiger partial charge in [-0.3, -0.25) is 0 Å². The van der Waals surface area contributed by atoms with Crippen LogP contribution in [0.15, 0.2) is 11.6 Å². The highest BCUT2D eigenvalue weighted by molar-refractivity contribution is 5.30. The van der Waals surface area contributed by atoms with Crippen molar-refractivity contribution in [3.05, 3.63) is 11.6 Å². The summed E-state index contributed by atoms with van der Waals surface area (Å²) in [6.45, 7) is 4.36. The summed E-state index contributed by atoms with van der Waals surface area (Å²) in [7, 11) is 0. The van der Waals surface area contributed by atoms with E-state index in [1.165, 1.54) is 5.57 Å². The molecule has 4 rings (SSSR count). The highest BCUT2D eigenvalue weighted by atomic mass is 19.1. The molecule has 3 fully saturated rings. The van der Waals surface area contributed by atoms with Crippen LogP contribution in [0.4, 0.5) is 4.39 Å². The fourth-order valence-corrected chi connectivity index (χ4v) is 6.88. The van der Waals surface area contributed by atoms with Crippen LogP contribution in [0.3, 0.4) is 0 Å². The number of halogens is 1. The number of allylic oxidation sites excluding steroid dienone is 1. The van der Waals surface area contributed by atoms with Gasteiger partial charge in [-0.2, -0.15) is 0 Å². The maximum Gasteiger partial charge on any atom is 0.161 e. The zero-order valence-corrected chi connectivity index (χ0v) is 14.8. The zero-order chi connectivity index (χ0) is 17.3. The van der Waals surface area contributed by atoms with Crippen LogP contribution in [0.2, 0.25) is 0 Å². The topological polar surface area (TPSA) is 40.5 Å². The average molecular weight is 332 g/mol. The van der Waals surface area contributed by atoms with Gasteiger partial charge in [0.05, 0.1) is 6.10 Å². The molecule has 3 saturated carbocycles. The molecule has 0 unspecified atom stereocenters. The number of hydrogen-bond donors (Lipinski definition) is 2. The van der Waals surface area contributed by atoms with Crippen molar-refractivity contribution in [1.29, 1.82) is 0 Å². The molecule has 0 radical (unpaired) electrons. The summed E-state index contributed by atoms with van der Waals surface area (Å²) >= 11 is 0. The van der Waals surface area contributed by atoms with E-state index < -0.39 is 17.2 Å². The van der Waals surface area contributed by atoms with Crippen molar-refractivity contribution >= 4 is 0 Å². The maximum absolute atomic E-state index is 14.7. The standard InChI is InChI=1S/C21H29FO2/c1-4-21(24)18(22)12-17-15-6-5-13-11-14(23)7-9-19(13,2)16(15)8-10-20(17,21)3/h1,5,14-18,23-24H,6-12H2,2-3H3/t14-,15-,16+,17+,18-,19+,20+,21+/m1/s1. The van der Waals surface area contributed by atoms with Crippen molar-refractivity contribution in [2.45, 2.75) is 76.7 Å². The predicted molar refractivity (Wildman–Crippen MR) is 91.8 cm³/mol. The normalized spacial score (nSPS) is 56.5. The Balaban J connectivity index is 1.71. The molecular formula is C21H29FO2. The van der Waals surface area contributed by atoms with E-state index in [4.69, 9.17) is 6.42 Å². The lowest BCUT2D eigenvalue weighted by atomic mass is 9.47. The van der Waals surface area contributed by atoms with Gasteiger partial charge in [0.1, 0.15) is 6.17 Å². The first-order chi connectivity index (χ1) is 11.3. The number of fused-ring (bicyclic) bond motifs is 5. The minimum absolute atomic E-state index is 0.131. The Hall–Kier alpha value is -0.850. The van der Waals surface area contributed by atoms with Crippen LogP contribution in [0, 0.1) is 40.9 Å². The second-order valence-electron chi connectivity index (χ2n) is 9.23. The van der Waals surface area contributed by atoms with E-state index in [2.05, 4.69) is 18.9 Å². The molecule has 0 aromatic carbocycles. The number of terminal acetylenes is 1. The van der Waals surface area contributed by atoms with Crippen LogP contribution in [0.5, 0.6) is 0 Å². The summed E-state index contributed by atoms with van der Waals surface area (Å²) in [6.07, 6.45) is 12.2. The first-order valence-corrected chi connectivity index (χ1v) is 9.48. The molecule has 0 aliphatic heterocycles. The second-order valence-corrected chi connectivity index (χ2v) is 9.23. The second kappa shape index (κ2) is 5.08. The van der Waals surface area contributed by atoms with Crippen molar-refractivity contribution in [2.24, 2.45) is 28.6 Å². The largest absolute Gasteiger partial charge is 0.393 e. The van der Waals surface area contributed by atoms with Gasteiger partial charge in [-0.15, -0.1) is 6.42 Å². The molecule has 4 aliphatic rings. The molecule has 0 bridgehead atoms. The molecule has 2 nitrogen and oxygen atoms in total. The lowest BCUT2D eigenvalue weighted by molar-refractivity contribution is -0.108. The summed E-state index contributed by atoms with van der Waals surface area (Å²) in [6, 6.07) is 0. The number of alkyl halides is 1. The number of hydrogen-bond acceptors (Lipinski definition) is 2. The number of rotatable bonds is 0. The van der Waals surface area contributed by atoms with E-state index in [-0.39, 0.29) is 17.4 Å². The molecule has 0 amide bonds. The van der Waals surface area contributed by atoms with Gasteiger partial charge in [0, 0.05) is 5.41 Å². The maximum atomic E-state index is 14.7. The molecule has 0 saturated heterocycles. The Morgan fingerprint density at radius 1 is 1.25 bits per heavy atom. The Morgan fingerprint density at radius 3 is 2.71 bits per heavy atom. The Morgan fingerprint density at radius 2 is 2.00 bits per heavy atom. The molecule has 3 heteroatoms. The number of aliphatic hydroxyl groups is 2. The molecule has 0 aromatic heterocycles. The van der Waals surface area contributed by atoms with Gasteiger partial charge in [-0.25, -0.2) is 4.39 Å². The fourth-order valence-electron chi connectivity index (χ4n) is 6.88. The van der Waals surface area contributed by atoms with E-state index in [9.17, 15) is 14.6 Å². The third-order valence-electron chi connectivity index (χ3n) is 8.47. The molecule has 4 aliphatic carbocycles. The molecule has 0 aromatic rings. The van der Waals surface area contributed by atoms with Gasteiger partial charge in [0.25, 0.3) is 0 Å². The molecule has 24 heavy (non-hydrogen) atoms. The lowest BCUT2D eigenvalue weighted by Crippen LogP contribution is -2.55. The van der Waals surface area contributed by atoms with Crippen molar-refractivity contribution < 1.29 is 14.6 Å². The Labute approximate surface area is 144 Å². The van der Waals surface area contributed by atoms with Gasteiger partial charge in [-0.1, -0.05) is 31.4 Å². The smallest absolute Gasteiger partial charge is 0.161 e. The molecule has 2 N–H and O–H groups in total. The molecule has 132 valence electrons. The van der Waals surface area contributed by atoms with Gasteiger partial charge < -0.3 is 10.2 Å². The monoisotopic (exact) mass is 332 g/mol. The SMILES string of the molecule is C#C[C@]1(O)[C@H](F)C[C@H]2[C@@H]3CC=C4C[C@H](O)CC[C@]4(C)[C@H]3CC[C@@]21C. The van der Waals surface area contributed by atoms with Crippen molar-refractivity contribution in [1.82, 2.24) is 0 Å². The predicted octanol–water partition coefficient (Wildman–Crippen LogP) is 3.62. The first-order valence-electron chi connectivity index (χ1n) is 9.48. The van der Waals surface area contributed by atoms with Crippen molar-refractivity contribution in [3.8, 4) is 12.3 Å². The summed E-state index contributed by atoms with van der Waals surface area (Å²) in [5.41, 5.74) is -0.589. The van der Waals surface area contributed by atoms with Crippen LogP contribution in [0.25, 0.3) is 0 Å². The minimum Gasteiger partial charge on any atom is -0.393 e. The Kier molecular flexibility index (Phi) is 3.52. The van der Waals surface area contributed by atoms with E-state index in [0.29, 0.717) is 18.3 Å². The van der Waals surface area contributed by atoms with Gasteiger partial charge >= 0.3 is 0 Å². The summed E-state index contributed by atoms with van der Waals surface area (Å²) < 4.78 is 14.7. The van der Waals surface area contributed by atoms with Gasteiger partial charge in [-0.05, 0) is 68.1 Å². The van der Waals surface area contributed by atoms with E-state index in [1.807, 2.05) is 6.92 Å². The lowest BCUT2D eigenvalue weighted by Gasteiger charge is -2.58. The zero-order valence-electron chi connectivity index (χ0n) is 14.8. The fraction of sp³-hybridized carbons (Fsp3) is 0.810. The summed E-state index contributed by atoms with van der Waals surface area (Å²) in [4.78, 5) is 0. The molecule has 0 heterocycles. The third kappa shape index (κ3) is 1.85. The quantitative estimate of drug-likeness (QED) is 0.525. The van der Waals surface area contributed by atoms with Crippen LogP contribution in [-0.2, 0) is 0 Å². The van der Waals surface area contributed by atoms with Crippen molar-refractivity contribution in [3.63, 3.8) is 0 Å². The van der Waals surface area contributed by atoms with Crippen molar-refractivity contribution in [2.75, 3.05) is 0 Å². The van der Waals surface area contributed by atoms with E-state index in [0.717, 1.165) is 38.5 Å². The Bertz CT molecular complexity index is 622. The molecular weight excluding hydrogens is 303 g/mol. The molecule has 0 spiro atoms. The van der Waals surface area contributed by atoms with Crippen LogP contribution >= 0.6 is 0 Å². The minimum atomic E-state index is -1.61. The summed E-state index contributed by atoms with van der Waals surface area (Å²) in [5.74, 6) is 3.50. The van der Waals surface area contributed by atoms with E-state index in [1.54, 1.807) is 0 Å². The third-order valence-corrected chi connectivity index (χ3v) is 8.47. The molecule has 8 atom stereocenters. The number of aliphatic hydroxyl groups excluding tert-OH is 1. The van der Waals surface area contributed by atoms with Crippen LogP contribution < -0.4 is 0 Å². The van der Waals surface area contributed by atoms with Crippen LogP contribution in [0.1, 0.15) is 58.8 Å². The highest BCUT2D eigenvalue weighted by Gasteiger charge is 2.67.